The van der Waals surface area contributed by atoms with E-state index in [1.165, 1.54) is 0 Å². The molecule has 6 heteroatoms. The maximum atomic E-state index is 6.35. The highest BCUT2D eigenvalue weighted by Gasteiger charge is 2.36. The number of nitrogens with one attached hydrogen (secondary N) is 1. The Hall–Kier alpha value is -1.14. The second kappa shape index (κ2) is 10.9. The molecular formula is C24H40ClN3OSi. The fourth-order valence-corrected chi connectivity index (χ4v) is 4.48. The Labute approximate surface area is 189 Å². The number of pyridine rings is 1. The molecule has 0 spiro atoms. The van der Waals surface area contributed by atoms with Gasteiger partial charge in [-0.05, 0) is 75.3 Å². The van der Waals surface area contributed by atoms with Crippen LogP contribution in [0.5, 0.6) is 0 Å². The van der Waals surface area contributed by atoms with Crippen molar-refractivity contribution in [2.75, 3.05) is 31.6 Å². The van der Waals surface area contributed by atoms with E-state index in [1.807, 2.05) is 30.5 Å². The molecule has 0 aliphatic carbocycles. The number of aromatic nitrogens is 1. The van der Waals surface area contributed by atoms with Crippen LogP contribution in [0.4, 0.5) is 5.69 Å². The molecule has 0 radical (unpaired) electrons. The van der Waals surface area contributed by atoms with Gasteiger partial charge in [0.2, 0.25) is 0 Å². The molecule has 0 aliphatic rings. The summed E-state index contributed by atoms with van der Waals surface area (Å²) in [4.78, 5) is 6.93. The zero-order valence-electron chi connectivity index (χ0n) is 19.9. The number of likely N-dealkylation sites (N-methyl/N-ethyl adjacent to an activating group) is 1. The maximum absolute atomic E-state index is 6.35. The van der Waals surface area contributed by atoms with Crippen LogP contribution >= 0.6 is 11.6 Å². The van der Waals surface area contributed by atoms with E-state index in [0.29, 0.717) is 6.04 Å². The average Bonchev–Trinajstić information content (AvgIpc) is 2.65. The highest BCUT2D eigenvalue weighted by Crippen LogP contribution is 2.36. The Morgan fingerprint density at radius 1 is 1.20 bits per heavy atom. The standard InChI is InChI=1S/C24H40ClN3OSi/c1-8-28(16-17-29-30(6,7)24(3,4)5)15-9-10-19(2)27-22-13-14-26-23-18-20(25)11-12-21(22)23/h11-14,18-19H,8-10,15-17H2,1-7H3,(H,26,27). The Balaban J connectivity index is 1.78. The smallest absolute Gasteiger partial charge is 0.192 e. The molecule has 0 saturated carbocycles. The van der Waals surface area contributed by atoms with Gasteiger partial charge < -0.3 is 14.6 Å². The molecule has 4 nitrogen and oxygen atoms in total. The number of hydrogen-bond donors (Lipinski definition) is 1. The van der Waals surface area contributed by atoms with E-state index in [4.69, 9.17) is 16.0 Å². The van der Waals surface area contributed by atoms with Gasteiger partial charge in [-0.15, -0.1) is 0 Å². The first-order chi connectivity index (χ1) is 14.0. The Bertz CT molecular complexity index is 807. The van der Waals surface area contributed by atoms with Crippen LogP contribution in [0, 0.1) is 0 Å². The summed E-state index contributed by atoms with van der Waals surface area (Å²) in [7, 11) is -1.65. The van der Waals surface area contributed by atoms with Crippen LogP contribution < -0.4 is 5.32 Å². The lowest BCUT2D eigenvalue weighted by Crippen LogP contribution is -2.43. The number of anilines is 1. The van der Waals surface area contributed by atoms with Gasteiger partial charge in [0.1, 0.15) is 0 Å². The summed E-state index contributed by atoms with van der Waals surface area (Å²) in [5, 5.41) is 5.76. The highest BCUT2D eigenvalue weighted by atomic mass is 35.5. The highest BCUT2D eigenvalue weighted by molar-refractivity contribution is 6.74. The van der Waals surface area contributed by atoms with Crippen molar-refractivity contribution in [2.24, 2.45) is 0 Å². The summed E-state index contributed by atoms with van der Waals surface area (Å²) >= 11 is 6.10. The topological polar surface area (TPSA) is 37.4 Å². The average molecular weight is 450 g/mol. The lowest BCUT2D eigenvalue weighted by molar-refractivity contribution is 0.201. The third kappa shape index (κ3) is 7.22. The maximum Gasteiger partial charge on any atom is 0.192 e. The number of benzene rings is 1. The molecule has 168 valence electrons. The molecule has 1 aromatic heterocycles. The quantitative estimate of drug-likeness (QED) is 0.382. The van der Waals surface area contributed by atoms with Crippen molar-refractivity contribution in [3.8, 4) is 0 Å². The van der Waals surface area contributed by atoms with Crippen LogP contribution in [-0.4, -0.2) is 50.5 Å². The Morgan fingerprint density at radius 2 is 1.93 bits per heavy atom. The molecule has 30 heavy (non-hydrogen) atoms. The second-order valence-corrected chi connectivity index (χ2v) is 15.0. The van der Waals surface area contributed by atoms with E-state index >= 15 is 0 Å². The largest absolute Gasteiger partial charge is 0.416 e. The zero-order valence-corrected chi connectivity index (χ0v) is 21.6. The van der Waals surface area contributed by atoms with Crippen LogP contribution in [0.3, 0.4) is 0 Å². The van der Waals surface area contributed by atoms with E-state index in [1.54, 1.807) is 0 Å². The number of fused-ring (bicyclic) bond motifs is 1. The van der Waals surface area contributed by atoms with Crippen LogP contribution in [0.25, 0.3) is 10.9 Å². The number of nitrogens with zero attached hydrogens (tertiary/aromatic N) is 2. The van der Waals surface area contributed by atoms with E-state index < -0.39 is 8.32 Å². The van der Waals surface area contributed by atoms with Crippen molar-refractivity contribution in [3.05, 3.63) is 35.5 Å². The molecule has 1 aromatic carbocycles. The molecule has 0 fully saturated rings. The molecule has 1 heterocycles. The third-order valence-corrected chi connectivity index (χ3v) is 11.1. The van der Waals surface area contributed by atoms with Crippen molar-refractivity contribution in [1.29, 1.82) is 0 Å². The minimum absolute atomic E-state index is 0.271. The van der Waals surface area contributed by atoms with Crippen molar-refractivity contribution in [2.45, 2.75) is 71.6 Å². The summed E-state index contributed by atoms with van der Waals surface area (Å²) in [6.07, 6.45) is 4.13. The molecule has 1 atom stereocenters. The van der Waals surface area contributed by atoms with Gasteiger partial charge in [0.15, 0.2) is 8.32 Å². The number of rotatable bonds is 11. The van der Waals surface area contributed by atoms with Crippen molar-refractivity contribution < 1.29 is 4.43 Å². The SMILES string of the molecule is CCN(CCCC(C)Nc1ccnc2cc(Cl)ccc12)CCO[Si](C)(C)C(C)(C)C. The van der Waals surface area contributed by atoms with E-state index in [2.05, 4.69) is 62.9 Å². The van der Waals surface area contributed by atoms with Crippen molar-refractivity contribution >= 4 is 36.5 Å². The molecule has 0 aliphatic heterocycles. The first-order valence-electron chi connectivity index (χ1n) is 11.2. The van der Waals surface area contributed by atoms with E-state index in [-0.39, 0.29) is 5.04 Å². The van der Waals surface area contributed by atoms with Crippen LogP contribution in [0.15, 0.2) is 30.5 Å². The van der Waals surface area contributed by atoms with Crippen LogP contribution in [-0.2, 0) is 4.43 Å². The fourth-order valence-electron chi connectivity index (χ4n) is 3.28. The normalized spacial score (nSPS) is 13.8. The monoisotopic (exact) mass is 449 g/mol. The van der Waals surface area contributed by atoms with Gasteiger partial charge in [-0.1, -0.05) is 39.3 Å². The molecule has 1 N–H and O–H groups in total. The van der Waals surface area contributed by atoms with Crippen molar-refractivity contribution in [3.63, 3.8) is 0 Å². The second-order valence-electron chi connectivity index (χ2n) is 9.75. The van der Waals surface area contributed by atoms with Gasteiger partial charge in [-0.25, -0.2) is 0 Å². The molecule has 0 bridgehead atoms. The summed E-state index contributed by atoms with van der Waals surface area (Å²) in [6.45, 7) is 20.1. The minimum Gasteiger partial charge on any atom is -0.416 e. The molecule has 0 saturated heterocycles. The molecule has 1 unspecified atom stereocenters. The first-order valence-corrected chi connectivity index (χ1v) is 14.5. The van der Waals surface area contributed by atoms with Crippen molar-refractivity contribution in [1.82, 2.24) is 9.88 Å². The van der Waals surface area contributed by atoms with Crippen LogP contribution in [0.2, 0.25) is 23.2 Å². The predicted molar refractivity (Wildman–Crippen MR) is 134 cm³/mol. The lowest BCUT2D eigenvalue weighted by Gasteiger charge is -2.36. The minimum atomic E-state index is -1.65. The van der Waals surface area contributed by atoms with Gasteiger partial charge in [0.25, 0.3) is 0 Å². The van der Waals surface area contributed by atoms with Gasteiger partial charge in [-0.2, -0.15) is 0 Å². The van der Waals surface area contributed by atoms with Crippen LogP contribution in [0.1, 0.15) is 47.5 Å². The summed E-state index contributed by atoms with van der Waals surface area (Å²) < 4.78 is 6.35. The predicted octanol–water partition coefficient (Wildman–Crippen LogP) is 6.81. The zero-order chi connectivity index (χ0) is 22.4. The summed E-state index contributed by atoms with van der Waals surface area (Å²) in [6, 6.07) is 8.32. The van der Waals surface area contributed by atoms with Gasteiger partial charge >= 0.3 is 0 Å². The van der Waals surface area contributed by atoms with E-state index in [0.717, 1.165) is 60.7 Å². The first kappa shape index (κ1) is 25.1. The Kier molecular flexibility index (Phi) is 9.16. The Morgan fingerprint density at radius 3 is 2.60 bits per heavy atom. The van der Waals surface area contributed by atoms with E-state index in [9.17, 15) is 0 Å². The molecule has 0 amide bonds. The number of halogens is 1. The number of hydrogen-bond acceptors (Lipinski definition) is 4. The molecule has 2 aromatic rings. The molecular weight excluding hydrogens is 410 g/mol. The summed E-state index contributed by atoms with van der Waals surface area (Å²) in [5.74, 6) is 0. The fraction of sp³-hybridized carbons (Fsp3) is 0.625. The van der Waals surface area contributed by atoms with Gasteiger partial charge in [-0.3, -0.25) is 4.98 Å². The van der Waals surface area contributed by atoms with Gasteiger partial charge in [0, 0.05) is 41.5 Å². The summed E-state index contributed by atoms with van der Waals surface area (Å²) in [5.41, 5.74) is 2.05. The molecule has 2 rings (SSSR count). The third-order valence-electron chi connectivity index (χ3n) is 6.34. The van der Waals surface area contributed by atoms with Gasteiger partial charge in [0.05, 0.1) is 5.52 Å². The lowest BCUT2D eigenvalue weighted by atomic mass is 10.1.